The Morgan fingerprint density at radius 2 is 1.93 bits per heavy atom. The first-order valence-corrected chi connectivity index (χ1v) is 11.1. The Kier molecular flexibility index (Phi) is 4.82. The molecule has 3 aromatic rings. The van der Waals surface area contributed by atoms with Crippen molar-refractivity contribution in [3.63, 3.8) is 0 Å². The molecule has 0 saturated carbocycles. The summed E-state index contributed by atoms with van der Waals surface area (Å²) in [5, 5.41) is 4.46. The molecule has 2 heterocycles. The summed E-state index contributed by atoms with van der Waals surface area (Å²) in [4.78, 5) is 12.9. The summed E-state index contributed by atoms with van der Waals surface area (Å²) >= 11 is 1.24. The van der Waals surface area contributed by atoms with Gasteiger partial charge in [0.05, 0.1) is 16.3 Å². The van der Waals surface area contributed by atoms with Crippen molar-refractivity contribution in [2.45, 2.75) is 17.7 Å². The Hall–Kier alpha value is -2.84. The molecular weight excluding hydrogens is 394 g/mol. The van der Waals surface area contributed by atoms with Gasteiger partial charge in [-0.3, -0.25) is 9.10 Å². The van der Waals surface area contributed by atoms with Crippen LogP contribution in [0.3, 0.4) is 0 Å². The molecule has 8 heteroatoms. The number of para-hydroxylation sites is 1. The highest BCUT2D eigenvalue weighted by Crippen LogP contribution is 2.32. The molecule has 0 saturated heterocycles. The molecule has 0 radical (unpaired) electrons. The van der Waals surface area contributed by atoms with Crippen LogP contribution in [-0.2, 0) is 16.4 Å². The largest absolute Gasteiger partial charge is 0.397 e. The van der Waals surface area contributed by atoms with Gasteiger partial charge in [-0.1, -0.05) is 24.3 Å². The molecule has 1 amide bonds. The first kappa shape index (κ1) is 18.5. The van der Waals surface area contributed by atoms with E-state index in [-0.39, 0.29) is 10.8 Å². The molecule has 6 nitrogen and oxygen atoms in total. The van der Waals surface area contributed by atoms with E-state index in [1.807, 2.05) is 24.3 Å². The first-order valence-electron chi connectivity index (χ1n) is 8.82. The standard InChI is InChI=1S/C20H19N3O3S2/c21-17-10-12-27-19(17)20(24)22-15-7-3-8-16(13-15)28(25,26)23-11-4-6-14-5-1-2-9-18(14)23/h1-3,5,7-10,12-13H,4,6,11,21H2,(H,22,24). The van der Waals surface area contributed by atoms with E-state index in [2.05, 4.69) is 5.32 Å². The second-order valence-electron chi connectivity index (χ2n) is 6.50. The number of nitrogens with zero attached hydrogens (tertiary/aromatic N) is 1. The second kappa shape index (κ2) is 7.29. The SMILES string of the molecule is Nc1ccsc1C(=O)Nc1cccc(S(=O)(=O)N2CCCc3ccccc32)c1. The van der Waals surface area contributed by atoms with Crippen molar-refractivity contribution in [2.24, 2.45) is 0 Å². The molecule has 0 unspecified atom stereocenters. The molecule has 0 aliphatic carbocycles. The lowest BCUT2D eigenvalue weighted by Gasteiger charge is -2.30. The van der Waals surface area contributed by atoms with E-state index in [1.165, 1.54) is 21.7 Å². The van der Waals surface area contributed by atoms with Gasteiger partial charge in [-0.15, -0.1) is 11.3 Å². The highest BCUT2D eigenvalue weighted by atomic mass is 32.2. The molecule has 1 aromatic heterocycles. The summed E-state index contributed by atoms with van der Waals surface area (Å²) in [6, 6.07) is 15.5. The summed E-state index contributed by atoms with van der Waals surface area (Å²) in [5.41, 5.74) is 8.33. The number of carbonyl (C=O) groups is 1. The quantitative estimate of drug-likeness (QED) is 0.682. The number of hydrogen-bond donors (Lipinski definition) is 2. The van der Waals surface area contributed by atoms with Gasteiger partial charge in [-0.2, -0.15) is 0 Å². The Balaban J connectivity index is 1.64. The van der Waals surface area contributed by atoms with Crippen LogP contribution in [0.5, 0.6) is 0 Å². The van der Waals surface area contributed by atoms with Crippen LogP contribution in [0.15, 0.2) is 64.9 Å². The van der Waals surface area contributed by atoms with Crippen LogP contribution in [0.4, 0.5) is 17.1 Å². The third kappa shape index (κ3) is 3.36. The van der Waals surface area contributed by atoms with Crippen LogP contribution in [0.1, 0.15) is 21.7 Å². The maximum Gasteiger partial charge on any atom is 0.267 e. The fraction of sp³-hybridized carbons (Fsp3) is 0.150. The van der Waals surface area contributed by atoms with Gasteiger partial charge in [0.1, 0.15) is 4.88 Å². The molecule has 28 heavy (non-hydrogen) atoms. The van der Waals surface area contributed by atoms with Crippen molar-refractivity contribution in [2.75, 3.05) is 21.9 Å². The molecule has 3 N–H and O–H groups in total. The Morgan fingerprint density at radius 3 is 2.71 bits per heavy atom. The molecule has 4 rings (SSSR count). The average molecular weight is 414 g/mol. The maximum atomic E-state index is 13.3. The van der Waals surface area contributed by atoms with Gasteiger partial charge < -0.3 is 11.1 Å². The summed E-state index contributed by atoms with van der Waals surface area (Å²) in [6.45, 7) is 0.432. The monoisotopic (exact) mass is 413 g/mol. The van der Waals surface area contributed by atoms with Crippen LogP contribution < -0.4 is 15.4 Å². The van der Waals surface area contributed by atoms with E-state index in [1.54, 1.807) is 29.6 Å². The number of rotatable bonds is 4. The minimum Gasteiger partial charge on any atom is -0.397 e. The number of carbonyl (C=O) groups excluding carboxylic acids is 1. The lowest BCUT2D eigenvalue weighted by molar-refractivity contribution is 0.103. The van der Waals surface area contributed by atoms with Crippen LogP contribution in [0.2, 0.25) is 0 Å². The molecule has 0 atom stereocenters. The van der Waals surface area contributed by atoms with E-state index in [0.717, 1.165) is 24.1 Å². The number of fused-ring (bicyclic) bond motifs is 1. The Labute approximate surface area is 167 Å². The van der Waals surface area contributed by atoms with E-state index in [9.17, 15) is 13.2 Å². The van der Waals surface area contributed by atoms with Crippen molar-refractivity contribution in [1.82, 2.24) is 0 Å². The van der Waals surface area contributed by atoms with E-state index in [4.69, 9.17) is 5.73 Å². The van der Waals surface area contributed by atoms with Gasteiger partial charge in [-0.05, 0) is 54.1 Å². The number of nitrogen functional groups attached to an aromatic ring is 1. The molecule has 144 valence electrons. The second-order valence-corrected chi connectivity index (χ2v) is 9.27. The smallest absolute Gasteiger partial charge is 0.267 e. The lowest BCUT2D eigenvalue weighted by atomic mass is 10.0. The van der Waals surface area contributed by atoms with E-state index >= 15 is 0 Å². The van der Waals surface area contributed by atoms with Gasteiger partial charge in [0.25, 0.3) is 15.9 Å². The van der Waals surface area contributed by atoms with Crippen molar-refractivity contribution < 1.29 is 13.2 Å². The number of nitrogens with one attached hydrogen (secondary N) is 1. The van der Waals surface area contributed by atoms with Crippen LogP contribution in [-0.4, -0.2) is 20.9 Å². The zero-order valence-electron chi connectivity index (χ0n) is 15.0. The van der Waals surface area contributed by atoms with Crippen molar-refractivity contribution in [1.29, 1.82) is 0 Å². The number of hydrogen-bond acceptors (Lipinski definition) is 5. The summed E-state index contributed by atoms with van der Waals surface area (Å²) in [5.74, 6) is -0.356. The highest BCUT2D eigenvalue weighted by molar-refractivity contribution is 7.92. The minimum absolute atomic E-state index is 0.140. The zero-order chi connectivity index (χ0) is 19.7. The average Bonchev–Trinajstić information content (AvgIpc) is 3.14. The summed E-state index contributed by atoms with van der Waals surface area (Å²) in [7, 11) is -3.74. The number of thiophene rings is 1. The number of benzene rings is 2. The lowest BCUT2D eigenvalue weighted by Crippen LogP contribution is -2.35. The van der Waals surface area contributed by atoms with E-state index < -0.39 is 10.0 Å². The fourth-order valence-corrected chi connectivity index (χ4v) is 5.60. The number of amides is 1. The number of aryl methyl sites for hydroxylation is 1. The third-order valence-electron chi connectivity index (χ3n) is 4.65. The Morgan fingerprint density at radius 1 is 1.11 bits per heavy atom. The van der Waals surface area contributed by atoms with Crippen LogP contribution >= 0.6 is 11.3 Å². The molecular formula is C20H19N3O3S2. The molecule has 1 aliphatic rings. The van der Waals surface area contributed by atoms with Gasteiger partial charge in [0, 0.05) is 12.2 Å². The topological polar surface area (TPSA) is 92.5 Å². The van der Waals surface area contributed by atoms with Gasteiger partial charge >= 0.3 is 0 Å². The minimum atomic E-state index is -3.74. The maximum absolute atomic E-state index is 13.3. The molecule has 1 aliphatic heterocycles. The van der Waals surface area contributed by atoms with Crippen molar-refractivity contribution in [3.05, 3.63) is 70.4 Å². The van der Waals surface area contributed by atoms with Gasteiger partial charge in [-0.25, -0.2) is 8.42 Å². The molecule has 0 bridgehead atoms. The number of nitrogens with two attached hydrogens (primary N) is 1. The van der Waals surface area contributed by atoms with Crippen molar-refractivity contribution >= 4 is 44.3 Å². The summed E-state index contributed by atoms with van der Waals surface area (Å²) in [6.07, 6.45) is 1.63. The predicted molar refractivity (Wildman–Crippen MR) is 112 cm³/mol. The zero-order valence-corrected chi connectivity index (χ0v) is 16.6. The number of anilines is 3. The molecule has 0 spiro atoms. The third-order valence-corrected chi connectivity index (χ3v) is 7.39. The molecule has 0 fully saturated rings. The highest BCUT2D eigenvalue weighted by Gasteiger charge is 2.29. The van der Waals surface area contributed by atoms with Gasteiger partial charge in [0.15, 0.2) is 0 Å². The fourth-order valence-electron chi connectivity index (χ4n) is 3.30. The summed E-state index contributed by atoms with van der Waals surface area (Å²) < 4.78 is 28.0. The van der Waals surface area contributed by atoms with E-state index in [0.29, 0.717) is 22.8 Å². The van der Waals surface area contributed by atoms with Crippen molar-refractivity contribution in [3.8, 4) is 0 Å². The van der Waals surface area contributed by atoms with Crippen LogP contribution in [0.25, 0.3) is 0 Å². The first-order chi connectivity index (χ1) is 13.5. The Bertz CT molecular complexity index is 1140. The predicted octanol–water partition coefficient (Wildman–Crippen LogP) is 3.72. The van der Waals surface area contributed by atoms with Crippen LogP contribution in [0, 0.1) is 0 Å². The number of sulfonamides is 1. The molecule has 2 aromatic carbocycles. The normalized spacial score (nSPS) is 13.8. The van der Waals surface area contributed by atoms with Gasteiger partial charge in [0.2, 0.25) is 0 Å².